The number of carbonyl (C=O) groups excluding carboxylic acids is 1. The molecule has 1 saturated heterocycles. The third kappa shape index (κ3) is 7.85. The van der Waals surface area contributed by atoms with Crippen LogP contribution in [-0.2, 0) is 9.59 Å². The minimum atomic E-state index is -0.704. The van der Waals surface area contributed by atoms with Crippen LogP contribution >= 0.6 is 24.0 Å². The average molecular weight is 406 g/mol. The molecule has 6 heteroatoms. The lowest BCUT2D eigenvalue weighted by molar-refractivity contribution is -0.137. The van der Waals surface area contributed by atoms with E-state index in [2.05, 4.69) is 0 Å². The summed E-state index contributed by atoms with van der Waals surface area (Å²) in [4.78, 5) is 25.4. The van der Waals surface area contributed by atoms with Gasteiger partial charge in [0.15, 0.2) is 0 Å². The van der Waals surface area contributed by atoms with E-state index in [1.165, 1.54) is 18.2 Å². The summed E-state index contributed by atoms with van der Waals surface area (Å²) in [5, 5.41) is 8.59. The molecule has 0 atom stereocenters. The van der Waals surface area contributed by atoms with Crippen molar-refractivity contribution in [3.63, 3.8) is 0 Å². The third-order valence-corrected chi connectivity index (χ3v) is 5.87. The number of benzene rings is 1. The molecule has 1 aromatic rings. The van der Waals surface area contributed by atoms with Gasteiger partial charge in [-0.15, -0.1) is 0 Å². The van der Waals surface area contributed by atoms with E-state index in [-0.39, 0.29) is 12.3 Å². The summed E-state index contributed by atoms with van der Waals surface area (Å²) >= 11 is 6.76. The Morgan fingerprint density at radius 2 is 1.59 bits per heavy atom. The molecule has 0 saturated carbocycles. The summed E-state index contributed by atoms with van der Waals surface area (Å²) in [5.41, 5.74) is 1.02. The molecule has 0 bridgehead atoms. The molecule has 4 nitrogen and oxygen atoms in total. The van der Waals surface area contributed by atoms with Crippen molar-refractivity contribution >= 4 is 46.3 Å². The lowest BCUT2D eigenvalue weighted by atomic mass is 10.1. The maximum absolute atomic E-state index is 12.5. The summed E-state index contributed by atoms with van der Waals surface area (Å²) in [6, 6.07) is 9.83. The van der Waals surface area contributed by atoms with Crippen molar-refractivity contribution < 1.29 is 14.7 Å². The molecular weight excluding hydrogens is 378 g/mol. The van der Waals surface area contributed by atoms with Crippen LogP contribution in [0.25, 0.3) is 6.08 Å². The highest BCUT2D eigenvalue weighted by Gasteiger charge is 2.31. The number of thiocarbonyl (C=S) groups is 1. The normalized spacial score (nSPS) is 15.7. The number of rotatable bonds is 12. The Morgan fingerprint density at radius 3 is 2.22 bits per heavy atom. The van der Waals surface area contributed by atoms with Crippen LogP contribution < -0.4 is 0 Å². The number of amides is 1. The predicted octanol–water partition coefficient (Wildman–Crippen LogP) is 5.48. The largest absolute Gasteiger partial charge is 0.481 e. The number of carbonyl (C=O) groups is 2. The Hall–Kier alpha value is -1.66. The van der Waals surface area contributed by atoms with Crippen molar-refractivity contribution in [1.29, 1.82) is 0 Å². The zero-order valence-electron chi connectivity index (χ0n) is 15.6. The van der Waals surface area contributed by atoms with E-state index in [0.717, 1.165) is 50.5 Å². The lowest BCUT2D eigenvalue weighted by Crippen LogP contribution is -2.29. The molecule has 1 fully saturated rings. The van der Waals surface area contributed by atoms with Crippen molar-refractivity contribution in [2.45, 2.75) is 57.8 Å². The first-order valence-corrected chi connectivity index (χ1v) is 10.8. The minimum Gasteiger partial charge on any atom is -0.481 e. The number of hydrogen-bond donors (Lipinski definition) is 1. The standard InChI is InChI=1S/C21H27NO3S2/c23-19(24)14-10-5-3-1-2-4-6-11-15-22-20(25)18(27-21(22)26)16-17-12-8-7-9-13-17/h7-9,12-13,16H,1-6,10-11,14-15H2,(H,23,24)/b18-16-. The van der Waals surface area contributed by atoms with E-state index < -0.39 is 5.97 Å². The van der Waals surface area contributed by atoms with Gasteiger partial charge in [-0.1, -0.05) is 92.8 Å². The molecule has 1 N–H and O–H groups in total. The molecule has 0 aromatic heterocycles. The number of carboxylic acids is 1. The van der Waals surface area contributed by atoms with E-state index in [4.69, 9.17) is 17.3 Å². The molecular formula is C21H27NO3S2. The summed E-state index contributed by atoms with van der Waals surface area (Å²) in [6.07, 6.45) is 10.6. The van der Waals surface area contributed by atoms with Crippen LogP contribution in [0.15, 0.2) is 35.2 Å². The summed E-state index contributed by atoms with van der Waals surface area (Å²) in [6.45, 7) is 0.690. The Balaban J connectivity index is 1.61. The average Bonchev–Trinajstić information content (AvgIpc) is 2.91. The first-order chi connectivity index (χ1) is 13.1. The smallest absolute Gasteiger partial charge is 0.303 e. The van der Waals surface area contributed by atoms with Gasteiger partial charge in [-0.25, -0.2) is 0 Å². The molecule has 0 unspecified atom stereocenters. The number of aliphatic carboxylic acids is 1. The highest BCUT2D eigenvalue weighted by Crippen LogP contribution is 2.32. The van der Waals surface area contributed by atoms with E-state index in [9.17, 15) is 9.59 Å². The highest BCUT2D eigenvalue weighted by molar-refractivity contribution is 8.26. The summed E-state index contributed by atoms with van der Waals surface area (Å²) in [7, 11) is 0. The maximum atomic E-state index is 12.5. The molecule has 146 valence electrons. The van der Waals surface area contributed by atoms with E-state index in [0.29, 0.717) is 15.8 Å². The van der Waals surface area contributed by atoms with Crippen molar-refractivity contribution in [3.8, 4) is 0 Å². The van der Waals surface area contributed by atoms with Gasteiger partial charge in [0.2, 0.25) is 0 Å². The molecule has 2 rings (SSSR count). The van der Waals surface area contributed by atoms with Gasteiger partial charge in [-0.05, 0) is 24.5 Å². The fourth-order valence-corrected chi connectivity index (χ4v) is 4.31. The van der Waals surface area contributed by atoms with Crippen LogP contribution in [0.3, 0.4) is 0 Å². The zero-order chi connectivity index (χ0) is 19.5. The van der Waals surface area contributed by atoms with Crippen LogP contribution in [0.2, 0.25) is 0 Å². The monoisotopic (exact) mass is 405 g/mol. The Bertz CT molecular complexity index is 673. The molecule has 0 spiro atoms. The van der Waals surface area contributed by atoms with Crippen LogP contribution in [0, 0.1) is 0 Å². The van der Waals surface area contributed by atoms with Gasteiger partial charge < -0.3 is 5.11 Å². The van der Waals surface area contributed by atoms with Crippen molar-refractivity contribution in [2.75, 3.05) is 6.54 Å². The first-order valence-electron chi connectivity index (χ1n) is 9.60. The quantitative estimate of drug-likeness (QED) is 0.283. The molecule has 1 aliphatic rings. The molecule has 27 heavy (non-hydrogen) atoms. The lowest BCUT2D eigenvalue weighted by Gasteiger charge is -2.14. The fraction of sp³-hybridized carbons (Fsp3) is 0.476. The summed E-state index contributed by atoms with van der Waals surface area (Å²) in [5.74, 6) is -0.684. The second-order valence-corrected chi connectivity index (χ2v) is 8.39. The van der Waals surface area contributed by atoms with Gasteiger partial charge in [0.1, 0.15) is 4.32 Å². The Labute approximate surface area is 171 Å². The zero-order valence-corrected chi connectivity index (χ0v) is 17.2. The molecule has 1 aromatic carbocycles. The Morgan fingerprint density at radius 1 is 1.00 bits per heavy atom. The van der Waals surface area contributed by atoms with Crippen molar-refractivity contribution in [3.05, 3.63) is 40.8 Å². The minimum absolute atomic E-state index is 0.0206. The first kappa shape index (κ1) is 21.6. The number of carboxylic acid groups (broad SMARTS) is 1. The molecule has 1 aliphatic heterocycles. The molecule has 1 heterocycles. The van der Waals surface area contributed by atoms with Crippen LogP contribution in [0.1, 0.15) is 63.4 Å². The SMILES string of the molecule is O=C(O)CCCCCCCCCCN1C(=O)/C(=C/c2ccccc2)SC1=S. The second-order valence-electron chi connectivity index (χ2n) is 6.72. The van der Waals surface area contributed by atoms with Gasteiger partial charge in [0.05, 0.1) is 4.91 Å². The highest BCUT2D eigenvalue weighted by atomic mass is 32.2. The van der Waals surface area contributed by atoms with Crippen molar-refractivity contribution in [1.82, 2.24) is 4.90 Å². The fourth-order valence-electron chi connectivity index (χ4n) is 3.00. The van der Waals surface area contributed by atoms with E-state index >= 15 is 0 Å². The van der Waals surface area contributed by atoms with Crippen LogP contribution in [0.5, 0.6) is 0 Å². The number of nitrogens with zero attached hydrogens (tertiary/aromatic N) is 1. The number of thioether (sulfide) groups is 1. The molecule has 1 amide bonds. The molecule has 0 aliphatic carbocycles. The Kier molecular flexibility index (Phi) is 9.56. The number of unbranched alkanes of at least 4 members (excludes halogenated alkanes) is 7. The number of hydrogen-bond acceptors (Lipinski definition) is 4. The van der Waals surface area contributed by atoms with Gasteiger partial charge in [-0.2, -0.15) is 0 Å². The van der Waals surface area contributed by atoms with Gasteiger partial charge in [0.25, 0.3) is 5.91 Å². The summed E-state index contributed by atoms with van der Waals surface area (Å²) < 4.78 is 0.653. The predicted molar refractivity (Wildman–Crippen MR) is 116 cm³/mol. The van der Waals surface area contributed by atoms with Gasteiger partial charge in [0, 0.05) is 13.0 Å². The van der Waals surface area contributed by atoms with Gasteiger partial charge >= 0.3 is 5.97 Å². The van der Waals surface area contributed by atoms with Crippen molar-refractivity contribution in [2.24, 2.45) is 0 Å². The van der Waals surface area contributed by atoms with E-state index in [1.54, 1.807) is 4.90 Å². The second kappa shape index (κ2) is 11.9. The third-order valence-electron chi connectivity index (χ3n) is 4.49. The maximum Gasteiger partial charge on any atom is 0.303 e. The topological polar surface area (TPSA) is 57.6 Å². The molecule has 0 radical (unpaired) electrons. The van der Waals surface area contributed by atoms with Gasteiger partial charge in [-0.3, -0.25) is 14.5 Å². The van der Waals surface area contributed by atoms with Crippen LogP contribution in [-0.4, -0.2) is 32.7 Å². The van der Waals surface area contributed by atoms with Crippen LogP contribution in [0.4, 0.5) is 0 Å². The van der Waals surface area contributed by atoms with E-state index in [1.807, 2.05) is 36.4 Å².